The zero-order chi connectivity index (χ0) is 14.9. The SMILES string of the molecule is O=C(O)C(c1ccc(F)cc1F)N1CC(OC(F)F)C1. The van der Waals surface area contributed by atoms with Crippen LogP contribution in [-0.4, -0.2) is 41.8 Å². The van der Waals surface area contributed by atoms with Gasteiger partial charge in [0.1, 0.15) is 17.7 Å². The molecule has 1 atom stereocenters. The van der Waals surface area contributed by atoms with Crippen molar-refractivity contribution in [2.24, 2.45) is 0 Å². The van der Waals surface area contributed by atoms with E-state index in [0.29, 0.717) is 6.07 Å². The standard InChI is InChI=1S/C12H11F4NO3/c13-6-1-2-8(9(14)3-6)10(11(18)19)17-4-7(5-17)20-12(15)16/h1-3,7,10,12H,4-5H2,(H,18,19). The highest BCUT2D eigenvalue weighted by atomic mass is 19.3. The summed E-state index contributed by atoms with van der Waals surface area (Å²) < 4.78 is 54.6. The van der Waals surface area contributed by atoms with Crippen LogP contribution in [-0.2, 0) is 9.53 Å². The minimum atomic E-state index is -2.94. The van der Waals surface area contributed by atoms with Crippen LogP contribution < -0.4 is 0 Å². The summed E-state index contributed by atoms with van der Waals surface area (Å²) in [4.78, 5) is 12.5. The van der Waals surface area contributed by atoms with Gasteiger partial charge in [-0.05, 0) is 6.07 Å². The fraction of sp³-hybridized carbons (Fsp3) is 0.417. The summed E-state index contributed by atoms with van der Waals surface area (Å²) in [5, 5.41) is 9.13. The first-order valence-electron chi connectivity index (χ1n) is 5.74. The Labute approximate surface area is 111 Å². The molecule has 0 aliphatic carbocycles. The van der Waals surface area contributed by atoms with Crippen LogP contribution in [0, 0.1) is 11.6 Å². The van der Waals surface area contributed by atoms with E-state index in [0.717, 1.165) is 12.1 Å². The van der Waals surface area contributed by atoms with Gasteiger partial charge in [0.2, 0.25) is 0 Å². The predicted octanol–water partition coefficient (Wildman–Crippen LogP) is 2.01. The fourth-order valence-electron chi connectivity index (χ4n) is 2.12. The average Bonchev–Trinajstić information content (AvgIpc) is 2.27. The Morgan fingerprint density at radius 1 is 1.35 bits per heavy atom. The van der Waals surface area contributed by atoms with Crippen molar-refractivity contribution >= 4 is 5.97 Å². The molecule has 1 heterocycles. The van der Waals surface area contributed by atoms with Gasteiger partial charge in [-0.15, -0.1) is 0 Å². The van der Waals surface area contributed by atoms with Crippen LogP contribution in [0.4, 0.5) is 17.6 Å². The van der Waals surface area contributed by atoms with E-state index in [1.807, 2.05) is 0 Å². The summed E-state index contributed by atoms with van der Waals surface area (Å²) >= 11 is 0. The van der Waals surface area contributed by atoms with Gasteiger partial charge in [-0.3, -0.25) is 9.69 Å². The number of nitrogens with zero attached hydrogens (tertiary/aromatic N) is 1. The number of aliphatic carboxylic acids is 1. The summed E-state index contributed by atoms with van der Waals surface area (Å²) in [5.74, 6) is -3.15. The lowest BCUT2D eigenvalue weighted by molar-refractivity contribution is -0.203. The molecular weight excluding hydrogens is 282 g/mol. The molecule has 4 nitrogen and oxygen atoms in total. The molecule has 1 saturated heterocycles. The van der Waals surface area contributed by atoms with E-state index in [1.54, 1.807) is 0 Å². The summed E-state index contributed by atoms with van der Waals surface area (Å²) in [6, 6.07) is 1.21. The Morgan fingerprint density at radius 3 is 2.50 bits per heavy atom. The van der Waals surface area contributed by atoms with Gasteiger partial charge in [-0.1, -0.05) is 6.07 Å². The van der Waals surface area contributed by atoms with Crippen molar-refractivity contribution in [3.63, 3.8) is 0 Å². The summed E-state index contributed by atoms with van der Waals surface area (Å²) in [5.41, 5.74) is -0.214. The molecule has 1 aromatic rings. The largest absolute Gasteiger partial charge is 0.480 e. The van der Waals surface area contributed by atoms with Crippen LogP contribution in [0.3, 0.4) is 0 Å². The first kappa shape index (κ1) is 14.7. The lowest BCUT2D eigenvalue weighted by atomic mass is 10.00. The molecule has 2 rings (SSSR count). The van der Waals surface area contributed by atoms with E-state index in [1.165, 1.54) is 4.90 Å². The Hall–Kier alpha value is -1.67. The van der Waals surface area contributed by atoms with Gasteiger partial charge < -0.3 is 9.84 Å². The number of rotatable bonds is 5. The van der Waals surface area contributed by atoms with E-state index in [9.17, 15) is 22.4 Å². The lowest BCUT2D eigenvalue weighted by Crippen LogP contribution is -2.55. The maximum absolute atomic E-state index is 13.6. The third-order valence-corrected chi connectivity index (χ3v) is 3.03. The maximum Gasteiger partial charge on any atom is 0.345 e. The molecule has 0 radical (unpaired) electrons. The van der Waals surface area contributed by atoms with E-state index in [2.05, 4.69) is 4.74 Å². The number of halogens is 4. The third kappa shape index (κ3) is 3.07. The quantitative estimate of drug-likeness (QED) is 0.844. The van der Waals surface area contributed by atoms with Crippen molar-refractivity contribution in [2.45, 2.75) is 18.8 Å². The zero-order valence-electron chi connectivity index (χ0n) is 10.1. The topological polar surface area (TPSA) is 49.8 Å². The number of hydrogen-bond acceptors (Lipinski definition) is 3. The van der Waals surface area contributed by atoms with Gasteiger partial charge in [0, 0.05) is 24.7 Å². The molecule has 8 heteroatoms. The van der Waals surface area contributed by atoms with Crippen molar-refractivity contribution < 1.29 is 32.2 Å². The number of benzene rings is 1. The van der Waals surface area contributed by atoms with Crippen LogP contribution in [0.25, 0.3) is 0 Å². The van der Waals surface area contributed by atoms with Crippen molar-refractivity contribution in [3.05, 3.63) is 35.4 Å². The monoisotopic (exact) mass is 293 g/mol. The van der Waals surface area contributed by atoms with E-state index in [4.69, 9.17) is 5.11 Å². The molecular formula is C12H11F4NO3. The molecule has 1 fully saturated rings. The van der Waals surface area contributed by atoms with Gasteiger partial charge in [-0.2, -0.15) is 8.78 Å². The van der Waals surface area contributed by atoms with Gasteiger partial charge in [0.05, 0.1) is 6.10 Å². The Kier molecular flexibility index (Phi) is 4.24. The van der Waals surface area contributed by atoms with Crippen molar-refractivity contribution in [1.82, 2.24) is 4.90 Å². The fourth-order valence-corrected chi connectivity index (χ4v) is 2.12. The highest BCUT2D eigenvalue weighted by Crippen LogP contribution is 2.30. The smallest absolute Gasteiger partial charge is 0.345 e. The molecule has 1 aliphatic heterocycles. The highest BCUT2D eigenvalue weighted by Gasteiger charge is 2.39. The zero-order valence-corrected chi connectivity index (χ0v) is 10.1. The molecule has 0 amide bonds. The predicted molar refractivity (Wildman–Crippen MR) is 59.2 cm³/mol. The number of alkyl halides is 2. The second kappa shape index (κ2) is 5.76. The first-order chi connectivity index (χ1) is 9.38. The van der Waals surface area contributed by atoms with Crippen LogP contribution in [0.2, 0.25) is 0 Å². The molecule has 1 aromatic carbocycles. The van der Waals surface area contributed by atoms with E-state index >= 15 is 0 Å². The Morgan fingerprint density at radius 2 is 2.00 bits per heavy atom. The Bertz CT molecular complexity index is 505. The number of carboxylic acids is 1. The molecule has 0 aromatic heterocycles. The number of likely N-dealkylation sites (tertiary alicyclic amines) is 1. The number of hydrogen-bond donors (Lipinski definition) is 1. The molecule has 0 saturated carbocycles. The lowest BCUT2D eigenvalue weighted by Gasteiger charge is -2.42. The van der Waals surface area contributed by atoms with Crippen molar-refractivity contribution in [1.29, 1.82) is 0 Å². The third-order valence-electron chi connectivity index (χ3n) is 3.03. The number of carboxylic acid groups (broad SMARTS) is 1. The highest BCUT2D eigenvalue weighted by molar-refractivity contribution is 5.75. The van der Waals surface area contributed by atoms with Crippen LogP contribution in [0.5, 0.6) is 0 Å². The minimum absolute atomic E-state index is 0.0574. The maximum atomic E-state index is 13.6. The van der Waals surface area contributed by atoms with Gasteiger partial charge in [-0.25, -0.2) is 8.78 Å². The van der Waals surface area contributed by atoms with E-state index < -0.39 is 36.4 Å². The molecule has 1 N–H and O–H groups in total. The summed E-state index contributed by atoms with van der Waals surface area (Å²) in [6.07, 6.45) is -0.791. The van der Waals surface area contributed by atoms with Gasteiger partial charge in [0.25, 0.3) is 0 Å². The second-order valence-electron chi connectivity index (χ2n) is 4.38. The van der Waals surface area contributed by atoms with Crippen molar-refractivity contribution in [3.8, 4) is 0 Å². The van der Waals surface area contributed by atoms with Crippen LogP contribution in [0.15, 0.2) is 18.2 Å². The molecule has 110 valence electrons. The van der Waals surface area contributed by atoms with Gasteiger partial charge in [0.15, 0.2) is 0 Å². The first-order valence-corrected chi connectivity index (χ1v) is 5.74. The normalized spacial score (nSPS) is 18.1. The van der Waals surface area contributed by atoms with Crippen LogP contribution >= 0.6 is 0 Å². The number of ether oxygens (including phenoxy) is 1. The molecule has 1 unspecified atom stereocenters. The Balaban J connectivity index is 2.11. The molecule has 0 bridgehead atoms. The molecule has 0 spiro atoms. The molecule has 1 aliphatic rings. The summed E-state index contributed by atoms with van der Waals surface area (Å²) in [6.45, 7) is -3.05. The van der Waals surface area contributed by atoms with E-state index in [-0.39, 0.29) is 18.7 Å². The second-order valence-corrected chi connectivity index (χ2v) is 4.38. The number of carbonyl (C=O) groups is 1. The summed E-state index contributed by atoms with van der Waals surface area (Å²) in [7, 11) is 0. The van der Waals surface area contributed by atoms with Crippen LogP contribution in [0.1, 0.15) is 11.6 Å². The molecule has 20 heavy (non-hydrogen) atoms. The van der Waals surface area contributed by atoms with Gasteiger partial charge >= 0.3 is 12.6 Å². The minimum Gasteiger partial charge on any atom is -0.480 e. The van der Waals surface area contributed by atoms with Crippen molar-refractivity contribution in [2.75, 3.05) is 13.1 Å². The average molecular weight is 293 g/mol.